The second-order valence-electron chi connectivity index (χ2n) is 2.87. The Morgan fingerprint density at radius 2 is 2.29 bits per heavy atom. The van der Waals surface area contributed by atoms with Crippen LogP contribution in [0.1, 0.15) is 5.56 Å². The van der Waals surface area contributed by atoms with E-state index in [0.29, 0.717) is 4.70 Å². The number of aliphatic hydroxyl groups is 1. The molecule has 0 saturated heterocycles. The van der Waals surface area contributed by atoms with Gasteiger partial charge in [-0.05, 0) is 29.3 Å². The molecular weight excluding hydrogens is 219 g/mol. The molecule has 2 rings (SSSR count). The topological polar surface area (TPSA) is 20.2 Å². The number of rotatable bonds is 2. The van der Waals surface area contributed by atoms with Gasteiger partial charge < -0.3 is 5.11 Å². The molecule has 1 heterocycles. The van der Waals surface area contributed by atoms with Crippen molar-refractivity contribution in [2.75, 3.05) is 6.26 Å². The standard InChI is InChI=1S/C10H9FOS2/c1-13-8-3-2-7(11)10-9(8)6(4-12)5-14-10/h2-3,5,12H,4H2,1H3. The summed E-state index contributed by atoms with van der Waals surface area (Å²) in [6.45, 7) is -0.0307. The highest BCUT2D eigenvalue weighted by molar-refractivity contribution is 7.98. The van der Waals surface area contributed by atoms with E-state index in [4.69, 9.17) is 5.11 Å². The lowest BCUT2D eigenvalue weighted by molar-refractivity contribution is 0.283. The van der Waals surface area contributed by atoms with Crippen LogP contribution in [0.3, 0.4) is 0 Å². The molecular formula is C10H9FOS2. The largest absolute Gasteiger partial charge is 0.392 e. The normalized spacial score (nSPS) is 11.1. The first-order valence-electron chi connectivity index (χ1n) is 4.11. The molecule has 0 radical (unpaired) electrons. The molecule has 0 bridgehead atoms. The van der Waals surface area contributed by atoms with Crippen LogP contribution in [0.25, 0.3) is 10.1 Å². The highest BCUT2D eigenvalue weighted by Gasteiger charge is 2.11. The molecule has 1 aromatic carbocycles. The average Bonchev–Trinajstić information content (AvgIpc) is 2.63. The predicted molar refractivity (Wildman–Crippen MR) is 59.5 cm³/mol. The lowest BCUT2D eigenvalue weighted by Crippen LogP contribution is -1.83. The molecule has 0 unspecified atom stereocenters. The average molecular weight is 228 g/mol. The predicted octanol–water partition coefficient (Wildman–Crippen LogP) is 3.25. The van der Waals surface area contributed by atoms with Gasteiger partial charge in [0.2, 0.25) is 0 Å². The van der Waals surface area contributed by atoms with Crippen LogP contribution in [0, 0.1) is 5.82 Å². The number of thiophene rings is 1. The quantitative estimate of drug-likeness (QED) is 0.796. The van der Waals surface area contributed by atoms with E-state index in [1.807, 2.05) is 11.6 Å². The van der Waals surface area contributed by atoms with Gasteiger partial charge in [0.15, 0.2) is 0 Å². The van der Waals surface area contributed by atoms with E-state index in [1.165, 1.54) is 17.4 Å². The van der Waals surface area contributed by atoms with Gasteiger partial charge in [-0.3, -0.25) is 0 Å². The van der Waals surface area contributed by atoms with Crippen molar-refractivity contribution >= 4 is 33.2 Å². The Balaban J connectivity index is 2.82. The van der Waals surface area contributed by atoms with Gasteiger partial charge in [0.25, 0.3) is 0 Å². The number of benzene rings is 1. The number of hydrogen-bond acceptors (Lipinski definition) is 3. The smallest absolute Gasteiger partial charge is 0.141 e. The van der Waals surface area contributed by atoms with Crippen molar-refractivity contribution in [2.45, 2.75) is 11.5 Å². The van der Waals surface area contributed by atoms with Crippen LogP contribution < -0.4 is 0 Å². The summed E-state index contributed by atoms with van der Waals surface area (Å²) in [6, 6.07) is 3.24. The fourth-order valence-corrected chi connectivity index (χ4v) is 3.13. The summed E-state index contributed by atoms with van der Waals surface area (Å²) in [7, 11) is 0. The molecule has 0 aliphatic heterocycles. The van der Waals surface area contributed by atoms with Crippen LogP contribution in [0.15, 0.2) is 22.4 Å². The van der Waals surface area contributed by atoms with E-state index in [9.17, 15) is 4.39 Å². The molecule has 0 aliphatic rings. The number of halogens is 1. The van der Waals surface area contributed by atoms with Crippen molar-refractivity contribution in [1.82, 2.24) is 0 Å². The van der Waals surface area contributed by atoms with Crippen LogP contribution in [0.4, 0.5) is 4.39 Å². The Bertz CT molecular complexity index is 464. The number of fused-ring (bicyclic) bond motifs is 1. The fraction of sp³-hybridized carbons (Fsp3) is 0.200. The zero-order valence-electron chi connectivity index (χ0n) is 7.58. The molecule has 14 heavy (non-hydrogen) atoms. The summed E-state index contributed by atoms with van der Waals surface area (Å²) in [5, 5.41) is 11.8. The highest BCUT2D eigenvalue weighted by atomic mass is 32.2. The third-order valence-electron chi connectivity index (χ3n) is 2.10. The van der Waals surface area contributed by atoms with Crippen molar-refractivity contribution in [2.24, 2.45) is 0 Å². The van der Waals surface area contributed by atoms with E-state index in [0.717, 1.165) is 15.8 Å². The molecule has 2 aromatic rings. The Hall–Kier alpha value is -0.580. The van der Waals surface area contributed by atoms with Gasteiger partial charge in [0, 0.05) is 10.3 Å². The first-order chi connectivity index (χ1) is 6.77. The Kier molecular flexibility index (Phi) is 2.76. The van der Waals surface area contributed by atoms with Crippen molar-refractivity contribution < 1.29 is 9.50 Å². The lowest BCUT2D eigenvalue weighted by atomic mass is 10.2. The molecule has 0 saturated carbocycles. The van der Waals surface area contributed by atoms with Crippen molar-refractivity contribution in [3.05, 3.63) is 28.9 Å². The molecule has 1 nitrogen and oxygen atoms in total. The van der Waals surface area contributed by atoms with E-state index in [1.54, 1.807) is 17.8 Å². The van der Waals surface area contributed by atoms with Gasteiger partial charge in [0.1, 0.15) is 5.82 Å². The molecule has 74 valence electrons. The molecule has 0 fully saturated rings. The van der Waals surface area contributed by atoms with E-state index in [2.05, 4.69) is 0 Å². The second-order valence-corrected chi connectivity index (χ2v) is 4.60. The summed E-state index contributed by atoms with van der Waals surface area (Å²) < 4.78 is 14.0. The molecule has 0 atom stereocenters. The molecule has 0 spiro atoms. The summed E-state index contributed by atoms with van der Waals surface area (Å²) in [5.74, 6) is -0.206. The van der Waals surface area contributed by atoms with Crippen molar-refractivity contribution in [3.63, 3.8) is 0 Å². The van der Waals surface area contributed by atoms with Gasteiger partial charge in [-0.25, -0.2) is 4.39 Å². The van der Waals surface area contributed by atoms with Crippen molar-refractivity contribution in [1.29, 1.82) is 0 Å². The first-order valence-corrected chi connectivity index (χ1v) is 6.21. The van der Waals surface area contributed by atoms with E-state index in [-0.39, 0.29) is 12.4 Å². The first kappa shape index (κ1) is 9.96. The number of thioether (sulfide) groups is 1. The third-order valence-corrected chi connectivity index (χ3v) is 3.92. The van der Waals surface area contributed by atoms with Crippen molar-refractivity contribution in [3.8, 4) is 0 Å². The summed E-state index contributed by atoms with van der Waals surface area (Å²) in [6.07, 6.45) is 1.95. The van der Waals surface area contributed by atoms with Crippen LogP contribution in [0.5, 0.6) is 0 Å². The van der Waals surface area contributed by atoms with Crippen LogP contribution in [-0.4, -0.2) is 11.4 Å². The zero-order valence-corrected chi connectivity index (χ0v) is 9.21. The summed E-state index contributed by atoms with van der Waals surface area (Å²) in [5.41, 5.74) is 0.814. The second kappa shape index (κ2) is 3.88. The van der Waals surface area contributed by atoms with Gasteiger partial charge in [-0.2, -0.15) is 0 Å². The highest BCUT2D eigenvalue weighted by Crippen LogP contribution is 2.35. The Morgan fingerprint density at radius 1 is 1.50 bits per heavy atom. The number of aliphatic hydroxyl groups excluding tert-OH is 1. The summed E-state index contributed by atoms with van der Waals surface area (Å²) >= 11 is 2.92. The molecule has 0 aliphatic carbocycles. The van der Waals surface area contributed by atoms with Gasteiger partial charge in [0.05, 0.1) is 11.3 Å². The summed E-state index contributed by atoms with van der Waals surface area (Å²) in [4.78, 5) is 1.02. The minimum atomic E-state index is -0.206. The SMILES string of the molecule is CSc1ccc(F)c2scc(CO)c12. The minimum absolute atomic E-state index is 0.0307. The zero-order chi connectivity index (χ0) is 10.1. The van der Waals surface area contributed by atoms with E-state index < -0.39 is 0 Å². The Morgan fingerprint density at radius 3 is 2.93 bits per heavy atom. The Labute approximate surface area is 89.6 Å². The monoisotopic (exact) mass is 228 g/mol. The van der Waals surface area contributed by atoms with Crippen LogP contribution in [-0.2, 0) is 6.61 Å². The maximum atomic E-state index is 13.4. The third kappa shape index (κ3) is 1.43. The minimum Gasteiger partial charge on any atom is -0.392 e. The fourth-order valence-electron chi connectivity index (χ4n) is 1.43. The molecule has 1 aromatic heterocycles. The maximum absolute atomic E-state index is 13.4. The van der Waals surface area contributed by atoms with Gasteiger partial charge in [-0.1, -0.05) is 0 Å². The molecule has 1 N–H and O–H groups in total. The lowest BCUT2D eigenvalue weighted by Gasteiger charge is -2.02. The van der Waals surface area contributed by atoms with Crippen LogP contribution in [0.2, 0.25) is 0 Å². The van der Waals surface area contributed by atoms with E-state index >= 15 is 0 Å². The molecule has 4 heteroatoms. The van der Waals surface area contributed by atoms with Crippen LogP contribution >= 0.6 is 23.1 Å². The number of hydrogen-bond donors (Lipinski definition) is 1. The van der Waals surface area contributed by atoms with Gasteiger partial charge in [-0.15, -0.1) is 23.1 Å². The van der Waals surface area contributed by atoms with Gasteiger partial charge >= 0.3 is 0 Å². The maximum Gasteiger partial charge on any atom is 0.141 e. The molecule has 0 amide bonds.